The highest BCUT2D eigenvalue weighted by atomic mass is 16.7. The average molecular weight is 1830 g/mol. The first-order chi connectivity index (χ1) is 55.9. The Labute approximate surface area is 794 Å². The zero-order chi connectivity index (χ0) is 83.5. The Morgan fingerprint density at radius 1 is 0.264 bits per heavy atom. The van der Waals surface area contributed by atoms with Crippen LogP contribution in [0.4, 0.5) is 0 Å². The van der Waals surface area contributed by atoms with E-state index in [9.17, 15) is 28.8 Å². The summed E-state index contributed by atoms with van der Waals surface area (Å²) in [6, 6.07) is 0. The fourth-order valence-electron chi connectivity index (χ4n) is 27.8. The Balaban J connectivity index is 0.000000761. The van der Waals surface area contributed by atoms with Crippen LogP contribution >= 0.6 is 0 Å². The first-order valence-corrected chi connectivity index (χ1v) is 48.7. The second-order valence-electron chi connectivity index (χ2n) is 43.9. The smallest absolute Gasteiger partial charge is 0.313 e. The quantitative estimate of drug-likeness (QED) is 0.0283. The van der Waals surface area contributed by atoms with E-state index < -0.39 is 22.5 Å². The van der Waals surface area contributed by atoms with Crippen LogP contribution in [0.15, 0.2) is 0 Å². The Morgan fingerprint density at radius 3 is 0.868 bits per heavy atom. The SMILES string of the molecule is C.C.C.C.C.C.C.C.C.C.C.C.CCC(C)(C)C(=O)OC(C)OC1CC2CCC1C2.CCC(C)(C)C(=O)OCOC1C2CC3CC(C2)CC1C3.CCC(C)(C)C(=O)OCOC1CC2CC1C1C3CCC(C3)C21.CCC(C)C(=O)OC(C)OC1CC2CCC1C2.CCC(C)C(=O)OCOC1C2CC3CC(C2)CC1C3.CCC(C)C(=O)OCOC1CC2CC1C1C3CCC(C3)C21. The maximum atomic E-state index is 12.0. The molecule has 20 aliphatic rings. The normalized spacial score (nSPS) is 36.7. The van der Waals surface area contributed by atoms with E-state index >= 15 is 0 Å². The van der Waals surface area contributed by atoms with Crippen LogP contribution in [-0.4, -0.2) is 112 Å². The molecule has 129 heavy (non-hydrogen) atoms. The Hall–Kier alpha value is -3.42. The van der Waals surface area contributed by atoms with Crippen LogP contribution in [0.2, 0.25) is 0 Å². The molecule has 0 radical (unpaired) electrons. The highest BCUT2D eigenvalue weighted by Crippen LogP contribution is 2.70. The molecule has 20 saturated carbocycles. The van der Waals surface area contributed by atoms with E-state index in [0.29, 0.717) is 48.5 Å². The Morgan fingerprint density at radius 2 is 0.550 bits per heavy atom. The molecule has 0 amide bonds. The van der Waals surface area contributed by atoms with E-state index in [2.05, 4.69) is 0 Å². The topological polar surface area (TPSA) is 213 Å². The zero-order valence-electron chi connectivity index (χ0n) is 75.9. The molecule has 0 saturated heterocycles. The molecule has 25 unspecified atom stereocenters. The van der Waals surface area contributed by atoms with Gasteiger partial charge in [-0.2, -0.15) is 0 Å². The van der Waals surface area contributed by atoms with Crippen molar-refractivity contribution < 1.29 is 85.6 Å². The van der Waals surface area contributed by atoms with E-state index in [0.717, 1.165) is 182 Å². The highest BCUT2D eigenvalue weighted by molar-refractivity contribution is 5.77. The van der Waals surface area contributed by atoms with E-state index in [4.69, 9.17) is 56.8 Å². The largest absolute Gasteiger partial charge is 0.438 e. The lowest BCUT2D eigenvalue weighted by Gasteiger charge is -2.53. The van der Waals surface area contributed by atoms with E-state index in [-0.39, 0.29) is 176 Å². The van der Waals surface area contributed by atoms with Crippen LogP contribution in [0, 0.1) is 176 Å². The molecule has 25 atom stereocenters. The van der Waals surface area contributed by atoms with Gasteiger partial charge in [-0.3, -0.25) is 28.8 Å². The number of carbonyl (C=O) groups is 6. The first kappa shape index (κ1) is 124. The third kappa shape index (κ3) is 29.1. The Kier molecular flexibility index (Phi) is 51.8. The van der Waals surface area contributed by atoms with Crippen molar-refractivity contribution in [3.05, 3.63) is 0 Å². The molecule has 20 aliphatic carbocycles. The molecule has 0 heterocycles. The summed E-state index contributed by atoms with van der Waals surface area (Å²) in [5.74, 6) is 20.4. The van der Waals surface area contributed by atoms with Gasteiger partial charge < -0.3 is 56.8 Å². The third-order valence-corrected chi connectivity index (χ3v) is 35.5. The van der Waals surface area contributed by atoms with Gasteiger partial charge in [0.1, 0.15) is 0 Å². The summed E-state index contributed by atoms with van der Waals surface area (Å²) in [4.78, 5) is 70.8. The van der Waals surface area contributed by atoms with Crippen molar-refractivity contribution in [2.24, 2.45) is 176 Å². The molecule has 0 aromatic heterocycles. The van der Waals surface area contributed by atoms with Crippen molar-refractivity contribution in [1.82, 2.24) is 0 Å². The van der Waals surface area contributed by atoms with Crippen LogP contribution in [0.1, 0.15) is 425 Å². The number of fused-ring (bicyclic) bond motifs is 22. The number of hydrogen-bond donors (Lipinski definition) is 0. The molecule has 0 N–H and O–H groups in total. The molecule has 0 aromatic rings. The minimum atomic E-state index is -0.410. The second-order valence-corrected chi connectivity index (χ2v) is 43.9. The van der Waals surface area contributed by atoms with Gasteiger partial charge in [-0.15, -0.1) is 0 Å². The van der Waals surface area contributed by atoms with Crippen LogP contribution in [-0.2, 0) is 85.6 Å². The Bertz CT molecular complexity index is 3200. The van der Waals surface area contributed by atoms with Gasteiger partial charge in [0, 0.05) is 0 Å². The maximum Gasteiger partial charge on any atom is 0.313 e. The van der Waals surface area contributed by atoms with Crippen LogP contribution in [0.3, 0.4) is 0 Å². The number of rotatable bonds is 30. The van der Waals surface area contributed by atoms with Gasteiger partial charge in [-0.05, 0) is 416 Å². The molecular weight excluding hydrogens is 1620 g/mol. The molecule has 0 aliphatic heterocycles. The predicted octanol–water partition coefficient (Wildman–Crippen LogP) is 29.0. The molecule has 0 spiro atoms. The molecule has 20 fully saturated rings. The highest BCUT2D eigenvalue weighted by Gasteiger charge is 2.64. The van der Waals surface area contributed by atoms with Crippen LogP contribution in [0.5, 0.6) is 0 Å². The molecule has 20 rings (SSSR count). The fourth-order valence-corrected chi connectivity index (χ4v) is 27.8. The van der Waals surface area contributed by atoms with E-state index in [1.54, 1.807) is 0 Å². The summed E-state index contributed by atoms with van der Waals surface area (Å²) >= 11 is 0. The number of esters is 6. The van der Waals surface area contributed by atoms with Gasteiger partial charge in [-0.1, -0.05) is 151 Å². The average Bonchev–Trinajstić information content (AvgIpc) is 1.56. The van der Waals surface area contributed by atoms with Crippen molar-refractivity contribution >= 4 is 35.8 Å². The van der Waals surface area contributed by atoms with E-state index in [1.807, 2.05) is 118 Å². The van der Waals surface area contributed by atoms with Crippen molar-refractivity contribution in [3.8, 4) is 0 Å². The van der Waals surface area contributed by atoms with Gasteiger partial charge in [0.05, 0.1) is 70.6 Å². The molecule has 20 bridgehead atoms. The molecular formula is C111H210O18. The summed E-state index contributed by atoms with van der Waals surface area (Å²) in [6.45, 7) is 33.6. The van der Waals surface area contributed by atoms with Gasteiger partial charge in [0.15, 0.2) is 39.8 Å². The number of ether oxygens (including phenoxy) is 12. The van der Waals surface area contributed by atoms with E-state index in [1.165, 1.54) is 167 Å². The fraction of sp³-hybridized carbons (Fsp3) is 0.946. The standard InChI is InChI=1S/C19H30O3.C18H28O3.C17H28O3.C16H26O3.C15H26O3.C14H24O3.12CH4/c1-4-19(2,3)18(20)22-10-21-15-9-13-8-14(15)17-12-6-5-11(7-12)16(13)17;1-3-10(2)18(19)21-9-20-15-8-13-7-14(15)17-12-5-4-11(6-12)16(13)17;1-4-17(2,3)16(18)20-10-19-15-13-6-11-5-12(8-13)9-14(15)7-11;1-3-10(2)16(17)19-9-18-15-13-5-11-4-12(7-13)8-14(15)6-11;1-5-15(3,4)14(16)18-10(2)17-13-9-11-6-7-12(13)8-11;1-4-9(2)14(15)17-10(3)16-13-8-11-5-6-12(13)7-11;;;;;;;;;;;;/h11-17H,4-10H2,1-3H3;10-17H,3-9H2,1-2H3;11-15H,4-10H2,1-3H3;10-15H,3-9H2,1-2H3;10-13H,5-9H2,1-4H3;9-13H,4-8H2,1-3H3;12*1H4. The minimum Gasteiger partial charge on any atom is -0.438 e. The molecule has 18 heteroatoms. The minimum absolute atomic E-state index is 0. The predicted molar refractivity (Wildman–Crippen MR) is 529 cm³/mol. The van der Waals surface area contributed by atoms with Gasteiger partial charge in [0.25, 0.3) is 0 Å². The third-order valence-electron chi connectivity index (χ3n) is 35.5. The summed E-state index contributed by atoms with van der Waals surface area (Å²) in [7, 11) is 0. The van der Waals surface area contributed by atoms with Gasteiger partial charge >= 0.3 is 35.8 Å². The number of carbonyl (C=O) groups excluding carboxylic acids is 6. The molecule has 18 nitrogen and oxygen atoms in total. The lowest BCUT2D eigenvalue weighted by Crippen LogP contribution is -2.49. The lowest BCUT2D eigenvalue weighted by molar-refractivity contribution is -0.198. The van der Waals surface area contributed by atoms with Crippen LogP contribution < -0.4 is 0 Å². The summed E-state index contributed by atoms with van der Waals surface area (Å²) < 4.78 is 67.7. The molecule has 762 valence electrons. The van der Waals surface area contributed by atoms with Crippen molar-refractivity contribution in [2.75, 3.05) is 27.2 Å². The van der Waals surface area contributed by atoms with Gasteiger partial charge in [0.2, 0.25) is 0 Å². The lowest BCUT2D eigenvalue weighted by atomic mass is 9.55. The summed E-state index contributed by atoms with van der Waals surface area (Å²) in [5.41, 5.74) is -1.20. The summed E-state index contributed by atoms with van der Waals surface area (Å²) in [5, 5.41) is 0. The number of hydrogen-bond acceptors (Lipinski definition) is 18. The summed E-state index contributed by atoms with van der Waals surface area (Å²) in [6.07, 6.45) is 44.1. The second kappa shape index (κ2) is 54.1. The monoisotopic (exact) mass is 1830 g/mol. The maximum absolute atomic E-state index is 12.0. The van der Waals surface area contributed by atoms with Crippen molar-refractivity contribution in [2.45, 2.75) is 474 Å². The molecule has 0 aromatic carbocycles. The van der Waals surface area contributed by atoms with Gasteiger partial charge in [-0.25, -0.2) is 0 Å². The van der Waals surface area contributed by atoms with Crippen LogP contribution in [0.25, 0.3) is 0 Å². The first-order valence-electron chi connectivity index (χ1n) is 48.7. The zero-order valence-corrected chi connectivity index (χ0v) is 75.9. The van der Waals surface area contributed by atoms with Crippen molar-refractivity contribution in [3.63, 3.8) is 0 Å². The van der Waals surface area contributed by atoms with Crippen molar-refractivity contribution in [1.29, 1.82) is 0 Å².